The number of hydrogen-bond donors (Lipinski definition) is 6. The van der Waals surface area contributed by atoms with Gasteiger partial charge in [0.15, 0.2) is 0 Å². The molecule has 4 unspecified atom stereocenters. The molecule has 0 radical (unpaired) electrons. The summed E-state index contributed by atoms with van der Waals surface area (Å²) in [6.07, 6.45) is -1.26. The summed E-state index contributed by atoms with van der Waals surface area (Å²) < 4.78 is 0. The van der Waals surface area contributed by atoms with Crippen molar-refractivity contribution in [3.63, 3.8) is 0 Å². The molecular formula is C12H22N4O6. The zero-order valence-electron chi connectivity index (χ0n) is 12.6. The van der Waals surface area contributed by atoms with Gasteiger partial charge in [0, 0.05) is 0 Å². The van der Waals surface area contributed by atoms with Gasteiger partial charge in [0.05, 0.1) is 12.1 Å². The monoisotopic (exact) mass is 318 g/mol. The fourth-order valence-corrected chi connectivity index (χ4v) is 1.37. The van der Waals surface area contributed by atoms with Crippen LogP contribution in [0.4, 0.5) is 0 Å². The summed E-state index contributed by atoms with van der Waals surface area (Å²) in [5.74, 6) is -3.38. The number of aliphatic carboxylic acids is 1. The maximum absolute atomic E-state index is 11.9. The molecule has 0 fully saturated rings. The molecule has 0 heterocycles. The smallest absolute Gasteiger partial charge is 0.322 e. The van der Waals surface area contributed by atoms with E-state index in [1.54, 1.807) is 0 Å². The largest absolute Gasteiger partial charge is 0.480 e. The number of nitrogens with one attached hydrogen (secondary N) is 3. The van der Waals surface area contributed by atoms with E-state index in [1.165, 1.54) is 20.8 Å². The van der Waals surface area contributed by atoms with Crippen LogP contribution in [-0.2, 0) is 19.2 Å². The van der Waals surface area contributed by atoms with Crippen LogP contribution in [0.25, 0.3) is 0 Å². The average Bonchev–Trinajstić information content (AvgIpc) is 2.40. The van der Waals surface area contributed by atoms with Gasteiger partial charge in [0.25, 0.3) is 0 Å². The van der Waals surface area contributed by atoms with E-state index in [1.807, 2.05) is 5.32 Å². The Bertz CT molecular complexity index is 437. The summed E-state index contributed by atoms with van der Waals surface area (Å²) >= 11 is 0. The summed E-state index contributed by atoms with van der Waals surface area (Å²) in [5.41, 5.74) is 5.35. The highest BCUT2D eigenvalue weighted by Crippen LogP contribution is 1.95. The Labute approximate surface area is 127 Å². The van der Waals surface area contributed by atoms with Gasteiger partial charge < -0.3 is 31.9 Å². The lowest BCUT2D eigenvalue weighted by Gasteiger charge is -2.23. The summed E-state index contributed by atoms with van der Waals surface area (Å²) in [5, 5.41) is 24.6. The normalized spacial score (nSPS) is 15.9. The fraction of sp³-hybridized carbons (Fsp3) is 0.667. The first-order valence-corrected chi connectivity index (χ1v) is 6.60. The molecule has 0 aliphatic heterocycles. The number of carboxylic acids is 1. The molecule has 0 aromatic heterocycles. The fourth-order valence-electron chi connectivity index (χ4n) is 1.37. The number of nitrogens with two attached hydrogens (primary N) is 1. The van der Waals surface area contributed by atoms with Crippen molar-refractivity contribution < 1.29 is 29.4 Å². The number of aliphatic hydroxyl groups is 1. The topological polar surface area (TPSA) is 171 Å². The van der Waals surface area contributed by atoms with Crippen LogP contribution in [0.5, 0.6) is 0 Å². The third-order valence-electron chi connectivity index (χ3n) is 2.64. The van der Waals surface area contributed by atoms with Crippen molar-refractivity contribution in [3.8, 4) is 0 Å². The van der Waals surface area contributed by atoms with Gasteiger partial charge in [-0.1, -0.05) is 0 Å². The molecule has 0 bridgehead atoms. The Morgan fingerprint density at radius 1 is 1.00 bits per heavy atom. The molecule has 0 rings (SSSR count). The molecule has 0 aliphatic carbocycles. The van der Waals surface area contributed by atoms with Gasteiger partial charge in [-0.15, -0.1) is 0 Å². The number of carbonyl (C=O) groups is 4. The molecule has 0 spiro atoms. The molecule has 0 saturated carbocycles. The van der Waals surface area contributed by atoms with E-state index in [2.05, 4.69) is 10.6 Å². The molecule has 7 N–H and O–H groups in total. The average molecular weight is 318 g/mol. The molecule has 4 atom stereocenters. The number of aliphatic hydroxyl groups excluding tert-OH is 1. The maximum atomic E-state index is 11.9. The van der Waals surface area contributed by atoms with Gasteiger partial charge in [-0.25, -0.2) is 0 Å². The van der Waals surface area contributed by atoms with E-state index >= 15 is 0 Å². The molecule has 0 aromatic rings. The van der Waals surface area contributed by atoms with Crippen LogP contribution in [0.15, 0.2) is 0 Å². The molecular weight excluding hydrogens is 296 g/mol. The quantitative estimate of drug-likeness (QED) is 0.275. The molecule has 3 amide bonds. The van der Waals surface area contributed by atoms with Gasteiger partial charge in [0.2, 0.25) is 17.7 Å². The van der Waals surface area contributed by atoms with Crippen molar-refractivity contribution in [1.29, 1.82) is 0 Å². The Kier molecular flexibility index (Phi) is 8.05. The van der Waals surface area contributed by atoms with Crippen LogP contribution < -0.4 is 21.7 Å². The Balaban J connectivity index is 4.67. The van der Waals surface area contributed by atoms with Gasteiger partial charge in [-0.2, -0.15) is 0 Å². The zero-order valence-corrected chi connectivity index (χ0v) is 12.6. The van der Waals surface area contributed by atoms with E-state index in [0.717, 1.165) is 0 Å². The van der Waals surface area contributed by atoms with Crippen molar-refractivity contribution in [2.75, 3.05) is 6.54 Å². The lowest BCUT2D eigenvalue weighted by atomic mass is 10.1. The first kappa shape index (κ1) is 19.8. The minimum atomic E-state index is -1.35. The molecule has 10 nitrogen and oxygen atoms in total. The minimum Gasteiger partial charge on any atom is -0.480 e. The number of hydrogen-bond acceptors (Lipinski definition) is 6. The van der Waals surface area contributed by atoms with E-state index < -0.39 is 54.5 Å². The van der Waals surface area contributed by atoms with E-state index in [0.29, 0.717) is 0 Å². The molecule has 10 heteroatoms. The minimum absolute atomic E-state index is 0.549. The highest BCUT2D eigenvalue weighted by molar-refractivity contribution is 5.93. The van der Waals surface area contributed by atoms with Gasteiger partial charge in [-0.05, 0) is 20.8 Å². The Morgan fingerprint density at radius 3 is 1.95 bits per heavy atom. The third-order valence-corrected chi connectivity index (χ3v) is 2.64. The lowest BCUT2D eigenvalue weighted by molar-refractivity contribution is -0.139. The summed E-state index contributed by atoms with van der Waals surface area (Å²) in [6.45, 7) is 3.44. The third kappa shape index (κ3) is 6.99. The van der Waals surface area contributed by atoms with Crippen LogP contribution in [0.2, 0.25) is 0 Å². The van der Waals surface area contributed by atoms with Crippen molar-refractivity contribution in [2.45, 2.75) is 45.0 Å². The Hall–Kier alpha value is -2.20. The second-order valence-corrected chi connectivity index (χ2v) is 4.86. The number of rotatable bonds is 8. The predicted octanol–water partition coefficient (Wildman–Crippen LogP) is -3.10. The van der Waals surface area contributed by atoms with Gasteiger partial charge in [0.1, 0.15) is 18.6 Å². The molecule has 0 aromatic carbocycles. The van der Waals surface area contributed by atoms with Crippen LogP contribution >= 0.6 is 0 Å². The van der Waals surface area contributed by atoms with Crippen LogP contribution in [0, 0.1) is 0 Å². The molecule has 22 heavy (non-hydrogen) atoms. The number of carbonyl (C=O) groups excluding carboxylic acids is 3. The number of carboxylic acid groups (broad SMARTS) is 1. The van der Waals surface area contributed by atoms with Crippen LogP contribution in [0.1, 0.15) is 20.8 Å². The van der Waals surface area contributed by atoms with Crippen molar-refractivity contribution >= 4 is 23.7 Å². The van der Waals surface area contributed by atoms with Crippen LogP contribution in [-0.4, -0.2) is 64.7 Å². The summed E-state index contributed by atoms with van der Waals surface area (Å²) in [7, 11) is 0. The lowest BCUT2D eigenvalue weighted by Crippen LogP contribution is -2.57. The SMILES string of the molecule is CC(N)C(=O)NC(C)C(=O)NC(C(=O)NCC(=O)O)C(C)O. The second kappa shape index (κ2) is 8.95. The molecule has 0 saturated heterocycles. The highest BCUT2D eigenvalue weighted by atomic mass is 16.4. The van der Waals surface area contributed by atoms with Crippen molar-refractivity contribution in [3.05, 3.63) is 0 Å². The predicted molar refractivity (Wildman–Crippen MR) is 75.5 cm³/mol. The van der Waals surface area contributed by atoms with E-state index in [4.69, 9.17) is 10.8 Å². The van der Waals surface area contributed by atoms with Crippen molar-refractivity contribution in [1.82, 2.24) is 16.0 Å². The maximum Gasteiger partial charge on any atom is 0.322 e. The molecule has 0 aliphatic rings. The molecule has 126 valence electrons. The van der Waals surface area contributed by atoms with E-state index in [-0.39, 0.29) is 0 Å². The highest BCUT2D eigenvalue weighted by Gasteiger charge is 2.28. The summed E-state index contributed by atoms with van der Waals surface area (Å²) in [4.78, 5) is 45.4. The Morgan fingerprint density at radius 2 is 1.55 bits per heavy atom. The first-order chi connectivity index (χ1) is 10.1. The van der Waals surface area contributed by atoms with Crippen LogP contribution in [0.3, 0.4) is 0 Å². The zero-order chi connectivity index (χ0) is 17.4. The van der Waals surface area contributed by atoms with Crippen molar-refractivity contribution in [2.24, 2.45) is 5.73 Å². The van der Waals surface area contributed by atoms with E-state index in [9.17, 15) is 24.3 Å². The first-order valence-electron chi connectivity index (χ1n) is 6.60. The van der Waals surface area contributed by atoms with Gasteiger partial charge >= 0.3 is 5.97 Å². The number of amides is 3. The van der Waals surface area contributed by atoms with Gasteiger partial charge in [-0.3, -0.25) is 19.2 Å². The summed E-state index contributed by atoms with van der Waals surface area (Å²) in [6, 6.07) is -3.13. The standard InChI is InChI=1S/C12H22N4O6/c1-5(13)10(20)15-6(2)11(21)16-9(7(3)17)12(22)14-4-8(18)19/h5-7,9,17H,4,13H2,1-3H3,(H,14,22)(H,15,20)(H,16,21)(H,18,19). The second-order valence-electron chi connectivity index (χ2n) is 4.86.